The first-order valence-corrected chi connectivity index (χ1v) is 11.9. The summed E-state index contributed by atoms with van der Waals surface area (Å²) in [6.45, 7) is 1.32. The minimum absolute atomic E-state index is 0.00850. The number of piperidine rings is 1. The lowest BCUT2D eigenvalue weighted by molar-refractivity contribution is 0.301. The summed E-state index contributed by atoms with van der Waals surface area (Å²) in [5.41, 5.74) is 0. The van der Waals surface area contributed by atoms with Gasteiger partial charge in [0.1, 0.15) is 12.4 Å². The molecule has 27 heavy (non-hydrogen) atoms. The Bertz CT molecular complexity index is 1050. The van der Waals surface area contributed by atoms with Crippen LogP contribution in [0.3, 0.4) is 0 Å². The fourth-order valence-electron chi connectivity index (χ4n) is 3.11. The molecule has 3 heterocycles. The molecule has 0 saturated carbocycles. The van der Waals surface area contributed by atoms with Crippen molar-refractivity contribution in [2.45, 2.75) is 25.4 Å². The zero-order chi connectivity index (χ0) is 19.0. The molecule has 11 heteroatoms. The summed E-state index contributed by atoms with van der Waals surface area (Å²) in [5, 5.41) is 13.8. The molecule has 1 unspecified atom stereocenters. The van der Waals surface area contributed by atoms with Gasteiger partial charge in [-0.1, -0.05) is 27.3 Å². The summed E-state index contributed by atoms with van der Waals surface area (Å²) < 4.78 is 33.7. The zero-order valence-electron chi connectivity index (χ0n) is 14.6. The monoisotopic (exact) mass is 471 g/mol. The van der Waals surface area contributed by atoms with Crippen LogP contribution in [0.15, 0.2) is 28.7 Å². The van der Waals surface area contributed by atoms with Gasteiger partial charge in [0.25, 0.3) is 0 Å². The quantitative estimate of drug-likeness (QED) is 0.567. The largest absolute Gasteiger partial charge is 0.486 e. The predicted octanol–water partition coefficient (Wildman–Crippen LogP) is 2.67. The van der Waals surface area contributed by atoms with Crippen LogP contribution >= 0.6 is 27.3 Å². The third-order valence-electron chi connectivity index (χ3n) is 4.45. The lowest BCUT2D eigenvalue weighted by atomic mass is 9.99. The second-order valence-corrected chi connectivity index (χ2v) is 10.4. The highest BCUT2D eigenvalue weighted by Crippen LogP contribution is 2.28. The number of nitrogens with zero attached hydrogens (tertiary/aromatic N) is 5. The molecule has 2 aromatic heterocycles. The molecule has 0 radical (unpaired) electrons. The number of hydrogen-bond donors (Lipinski definition) is 0. The topological polar surface area (TPSA) is 89.7 Å². The van der Waals surface area contributed by atoms with Crippen molar-refractivity contribution < 1.29 is 13.2 Å². The summed E-state index contributed by atoms with van der Waals surface area (Å²) in [5.74, 6) is 1.47. The number of sulfonamides is 1. The lowest BCUT2D eigenvalue weighted by Gasteiger charge is -2.29. The Morgan fingerprint density at radius 3 is 2.81 bits per heavy atom. The maximum Gasteiger partial charge on any atom is 0.234 e. The van der Waals surface area contributed by atoms with E-state index >= 15 is 0 Å². The van der Waals surface area contributed by atoms with E-state index in [4.69, 9.17) is 4.74 Å². The van der Waals surface area contributed by atoms with Crippen LogP contribution in [0.25, 0.3) is 4.96 Å². The number of hydrogen-bond acceptors (Lipinski definition) is 7. The van der Waals surface area contributed by atoms with E-state index in [0.717, 1.165) is 28.1 Å². The Morgan fingerprint density at radius 2 is 2.07 bits per heavy atom. The molecule has 0 amide bonds. The van der Waals surface area contributed by atoms with Gasteiger partial charge in [0, 0.05) is 23.5 Å². The van der Waals surface area contributed by atoms with Crippen LogP contribution in [0.1, 0.15) is 29.6 Å². The van der Waals surface area contributed by atoms with E-state index in [9.17, 15) is 8.42 Å². The highest BCUT2D eigenvalue weighted by Gasteiger charge is 2.30. The normalized spacial score (nSPS) is 18.8. The van der Waals surface area contributed by atoms with Crippen molar-refractivity contribution in [3.63, 3.8) is 0 Å². The first kappa shape index (κ1) is 18.8. The maximum absolute atomic E-state index is 11.9. The first-order valence-electron chi connectivity index (χ1n) is 8.44. The van der Waals surface area contributed by atoms with E-state index in [1.54, 1.807) is 4.52 Å². The molecule has 0 aliphatic carbocycles. The van der Waals surface area contributed by atoms with Crippen molar-refractivity contribution in [3.8, 4) is 5.75 Å². The van der Waals surface area contributed by atoms with E-state index < -0.39 is 10.0 Å². The highest BCUT2D eigenvalue weighted by molar-refractivity contribution is 9.10. The lowest BCUT2D eigenvalue weighted by Crippen LogP contribution is -2.38. The molecule has 3 aromatic rings. The summed E-state index contributed by atoms with van der Waals surface area (Å²) in [4.78, 5) is 0.691. The van der Waals surface area contributed by atoms with Gasteiger partial charge in [-0.05, 0) is 37.1 Å². The molecular weight excluding hydrogens is 454 g/mol. The van der Waals surface area contributed by atoms with E-state index in [2.05, 4.69) is 31.2 Å². The molecule has 1 aromatic carbocycles. The van der Waals surface area contributed by atoms with E-state index in [-0.39, 0.29) is 5.92 Å². The molecule has 4 rings (SSSR count). The van der Waals surface area contributed by atoms with Gasteiger partial charge in [-0.25, -0.2) is 12.7 Å². The van der Waals surface area contributed by atoms with Gasteiger partial charge in [-0.2, -0.15) is 9.61 Å². The minimum atomic E-state index is -3.21. The molecule has 1 aliphatic rings. The van der Waals surface area contributed by atoms with Gasteiger partial charge >= 0.3 is 0 Å². The molecule has 0 bridgehead atoms. The third kappa shape index (κ3) is 4.15. The minimum Gasteiger partial charge on any atom is -0.486 e. The smallest absolute Gasteiger partial charge is 0.234 e. The third-order valence-corrected chi connectivity index (χ3v) is 7.12. The Morgan fingerprint density at radius 1 is 1.30 bits per heavy atom. The van der Waals surface area contributed by atoms with Crippen molar-refractivity contribution in [1.82, 2.24) is 24.1 Å². The van der Waals surface area contributed by atoms with Gasteiger partial charge in [0.2, 0.25) is 15.0 Å². The summed E-state index contributed by atoms with van der Waals surface area (Å²) in [6.07, 6.45) is 2.92. The van der Waals surface area contributed by atoms with Crippen molar-refractivity contribution in [1.29, 1.82) is 0 Å². The number of fused-ring (bicyclic) bond motifs is 1. The number of rotatable bonds is 5. The fourth-order valence-corrected chi connectivity index (χ4v) is 5.04. The predicted molar refractivity (Wildman–Crippen MR) is 106 cm³/mol. The molecule has 1 atom stereocenters. The average Bonchev–Trinajstić information content (AvgIpc) is 3.21. The molecule has 0 N–H and O–H groups in total. The standard InChI is InChI=1S/C16H18BrN5O3S2/c1-27(23,24)21-8-2-3-11(9-21)15-18-19-16-22(15)20-14(26-16)10-25-13-6-4-12(17)5-7-13/h4-7,11H,2-3,8-10H2,1H3. The first-order chi connectivity index (χ1) is 12.9. The van der Waals surface area contributed by atoms with Crippen LogP contribution < -0.4 is 4.74 Å². The van der Waals surface area contributed by atoms with Crippen LogP contribution in [0, 0.1) is 0 Å². The number of aromatic nitrogens is 4. The molecule has 1 saturated heterocycles. The summed E-state index contributed by atoms with van der Waals surface area (Å²) in [6, 6.07) is 7.61. The Balaban J connectivity index is 1.51. The van der Waals surface area contributed by atoms with Gasteiger partial charge in [-0.15, -0.1) is 10.2 Å². The fraction of sp³-hybridized carbons (Fsp3) is 0.438. The van der Waals surface area contributed by atoms with Crippen molar-refractivity contribution in [2.24, 2.45) is 0 Å². The van der Waals surface area contributed by atoms with Crippen LogP contribution in [-0.4, -0.2) is 51.9 Å². The molecule has 1 aliphatic heterocycles. The zero-order valence-corrected chi connectivity index (χ0v) is 17.8. The molecule has 8 nitrogen and oxygen atoms in total. The highest BCUT2D eigenvalue weighted by atomic mass is 79.9. The maximum atomic E-state index is 11.9. The average molecular weight is 472 g/mol. The van der Waals surface area contributed by atoms with Gasteiger partial charge in [-0.3, -0.25) is 0 Å². The SMILES string of the molecule is CS(=O)(=O)N1CCCC(c2nnc3sc(COc4ccc(Br)cc4)nn23)C1. The van der Waals surface area contributed by atoms with E-state index in [1.165, 1.54) is 21.9 Å². The summed E-state index contributed by atoms with van der Waals surface area (Å²) >= 11 is 4.82. The van der Waals surface area contributed by atoms with Crippen molar-refractivity contribution in [2.75, 3.05) is 19.3 Å². The van der Waals surface area contributed by atoms with E-state index in [1.807, 2.05) is 24.3 Å². The number of halogens is 1. The molecule has 0 spiro atoms. The van der Waals surface area contributed by atoms with Crippen molar-refractivity contribution in [3.05, 3.63) is 39.6 Å². The second-order valence-electron chi connectivity index (χ2n) is 6.45. The second kappa shape index (κ2) is 7.46. The molecule has 144 valence electrons. The van der Waals surface area contributed by atoms with Gasteiger partial charge in [0.05, 0.1) is 6.26 Å². The summed E-state index contributed by atoms with van der Waals surface area (Å²) in [7, 11) is -3.21. The van der Waals surface area contributed by atoms with E-state index in [0.29, 0.717) is 30.5 Å². The van der Waals surface area contributed by atoms with Gasteiger partial charge < -0.3 is 4.74 Å². The van der Waals surface area contributed by atoms with Crippen LogP contribution in [0.2, 0.25) is 0 Å². The Kier molecular flexibility index (Phi) is 5.19. The van der Waals surface area contributed by atoms with Crippen LogP contribution in [0.5, 0.6) is 5.75 Å². The van der Waals surface area contributed by atoms with Gasteiger partial charge in [0.15, 0.2) is 10.8 Å². The van der Waals surface area contributed by atoms with Crippen molar-refractivity contribution >= 4 is 42.3 Å². The Hall–Kier alpha value is -1.56. The molecular formula is C16H18BrN5O3S2. The number of ether oxygens (including phenoxy) is 1. The number of benzene rings is 1. The van der Waals surface area contributed by atoms with Crippen LogP contribution in [-0.2, 0) is 16.6 Å². The molecule has 1 fully saturated rings. The van der Waals surface area contributed by atoms with Crippen LogP contribution in [0.4, 0.5) is 0 Å². The Labute approximate surface area is 169 Å².